The largest absolute Gasteiger partial charge is 0.507 e. The van der Waals surface area contributed by atoms with Crippen molar-refractivity contribution in [1.29, 1.82) is 0 Å². The molecule has 0 fully saturated rings. The van der Waals surface area contributed by atoms with Crippen LogP contribution in [-0.2, 0) is 4.79 Å². The van der Waals surface area contributed by atoms with Gasteiger partial charge in [0, 0.05) is 11.6 Å². The van der Waals surface area contributed by atoms with Crippen molar-refractivity contribution in [2.75, 3.05) is 6.79 Å². The predicted molar refractivity (Wildman–Crippen MR) is 54.2 cm³/mol. The summed E-state index contributed by atoms with van der Waals surface area (Å²) in [5, 5.41) is 9.48. The zero-order chi connectivity index (χ0) is 12.4. The molecule has 1 aliphatic rings. The zero-order valence-corrected chi connectivity index (χ0v) is 8.52. The molecule has 0 unspecified atom stereocenters. The van der Waals surface area contributed by atoms with Crippen molar-refractivity contribution in [3.63, 3.8) is 0 Å². The molecule has 0 radical (unpaired) electrons. The topological polar surface area (TPSA) is 55.8 Å². The Kier molecular flexibility index (Phi) is 2.95. The Morgan fingerprint density at radius 1 is 1.35 bits per heavy atom. The molecule has 4 nitrogen and oxygen atoms in total. The van der Waals surface area contributed by atoms with Gasteiger partial charge in [-0.15, -0.1) is 0 Å². The summed E-state index contributed by atoms with van der Waals surface area (Å²) in [5.74, 6) is -1.08. The molecular formula is C11H8F2O4. The summed E-state index contributed by atoms with van der Waals surface area (Å²) in [6.07, 6.45) is -2.64. The quantitative estimate of drug-likeness (QED) is 0.651. The van der Waals surface area contributed by atoms with E-state index in [1.54, 1.807) is 0 Å². The predicted octanol–water partition coefficient (Wildman–Crippen LogP) is 2.15. The average Bonchev–Trinajstić information content (AvgIpc) is 2.75. The highest BCUT2D eigenvalue weighted by Crippen LogP contribution is 2.33. The van der Waals surface area contributed by atoms with Crippen molar-refractivity contribution in [3.8, 4) is 11.5 Å². The first-order chi connectivity index (χ1) is 8.08. The van der Waals surface area contributed by atoms with Crippen molar-refractivity contribution < 1.29 is 28.2 Å². The van der Waals surface area contributed by atoms with Crippen LogP contribution in [0.4, 0.5) is 8.78 Å². The second kappa shape index (κ2) is 4.40. The molecule has 0 atom stereocenters. The summed E-state index contributed by atoms with van der Waals surface area (Å²) in [4.78, 5) is 10.7. The molecule has 0 aromatic heterocycles. The monoisotopic (exact) mass is 242 g/mol. The summed E-state index contributed by atoms with van der Waals surface area (Å²) in [7, 11) is 0. The normalized spacial score (nSPS) is 14.2. The molecule has 0 saturated heterocycles. The molecule has 1 heterocycles. The Morgan fingerprint density at radius 2 is 2.06 bits per heavy atom. The van der Waals surface area contributed by atoms with Gasteiger partial charge in [-0.05, 0) is 18.2 Å². The van der Waals surface area contributed by atoms with Crippen LogP contribution in [0.1, 0.15) is 5.56 Å². The van der Waals surface area contributed by atoms with Crippen LogP contribution >= 0.6 is 0 Å². The molecule has 90 valence electrons. The minimum absolute atomic E-state index is 0.0687. The van der Waals surface area contributed by atoms with E-state index in [-0.39, 0.29) is 12.4 Å². The third-order valence-electron chi connectivity index (χ3n) is 2.16. The van der Waals surface area contributed by atoms with Gasteiger partial charge in [-0.1, -0.05) is 0 Å². The molecule has 0 saturated carbocycles. The van der Waals surface area contributed by atoms with E-state index in [2.05, 4.69) is 0 Å². The summed E-state index contributed by atoms with van der Waals surface area (Å²) < 4.78 is 34.0. The number of ether oxygens (including phenoxy) is 2. The van der Waals surface area contributed by atoms with Gasteiger partial charge in [-0.3, -0.25) is 4.79 Å². The highest BCUT2D eigenvalue weighted by Gasteiger charge is 2.17. The Labute approximate surface area is 95.1 Å². The van der Waals surface area contributed by atoms with Crippen molar-refractivity contribution in [2.45, 2.75) is 6.43 Å². The van der Waals surface area contributed by atoms with Crippen LogP contribution in [0.5, 0.6) is 11.5 Å². The summed E-state index contributed by atoms with van der Waals surface area (Å²) >= 11 is 0. The minimum Gasteiger partial charge on any atom is -0.507 e. The van der Waals surface area contributed by atoms with Crippen molar-refractivity contribution in [2.24, 2.45) is 0 Å². The molecule has 1 aromatic carbocycles. The van der Waals surface area contributed by atoms with Gasteiger partial charge in [0.15, 0.2) is 11.5 Å². The fraction of sp³-hybridized carbons (Fsp3) is 0.182. The van der Waals surface area contributed by atoms with Gasteiger partial charge in [0.2, 0.25) is 12.6 Å². The highest BCUT2D eigenvalue weighted by molar-refractivity contribution is 5.97. The number of rotatable bonds is 3. The molecular weight excluding hydrogens is 234 g/mol. The molecule has 1 aliphatic heterocycles. The molecule has 0 aliphatic carbocycles. The number of carbonyl (C=O) groups is 1. The van der Waals surface area contributed by atoms with Gasteiger partial charge in [-0.2, -0.15) is 0 Å². The summed E-state index contributed by atoms with van der Waals surface area (Å²) in [6, 6.07) is 4.37. The third-order valence-corrected chi connectivity index (χ3v) is 2.16. The second-order valence-electron chi connectivity index (χ2n) is 3.30. The Hall–Kier alpha value is -2.11. The molecule has 0 amide bonds. The van der Waals surface area contributed by atoms with Gasteiger partial charge < -0.3 is 14.6 Å². The van der Waals surface area contributed by atoms with E-state index < -0.39 is 18.0 Å². The lowest BCUT2D eigenvalue weighted by Crippen LogP contribution is -2.06. The SMILES string of the molecule is O=C(/C=C(\O)c1ccc2c(c1)OCO2)C(F)F. The lowest BCUT2D eigenvalue weighted by atomic mass is 10.1. The molecule has 6 heteroatoms. The van der Waals surface area contributed by atoms with E-state index in [1.165, 1.54) is 18.2 Å². The molecule has 0 spiro atoms. The number of alkyl halides is 2. The van der Waals surface area contributed by atoms with Crippen LogP contribution < -0.4 is 9.47 Å². The number of ketones is 1. The number of fused-ring (bicyclic) bond motifs is 1. The van der Waals surface area contributed by atoms with Crippen molar-refractivity contribution in [1.82, 2.24) is 0 Å². The fourth-order valence-corrected chi connectivity index (χ4v) is 1.34. The van der Waals surface area contributed by atoms with E-state index in [0.29, 0.717) is 17.6 Å². The Morgan fingerprint density at radius 3 is 2.76 bits per heavy atom. The van der Waals surface area contributed by atoms with Gasteiger partial charge in [0.25, 0.3) is 6.43 Å². The number of allylic oxidation sites excluding steroid dienone is 1. The van der Waals surface area contributed by atoms with Crippen LogP contribution in [0.3, 0.4) is 0 Å². The van der Waals surface area contributed by atoms with Crippen LogP contribution in [0.25, 0.3) is 5.76 Å². The Bertz CT molecular complexity index is 482. The third kappa shape index (κ3) is 2.35. The van der Waals surface area contributed by atoms with Crippen LogP contribution in [-0.4, -0.2) is 24.1 Å². The fourth-order valence-electron chi connectivity index (χ4n) is 1.34. The van der Waals surface area contributed by atoms with E-state index in [4.69, 9.17) is 9.47 Å². The van der Waals surface area contributed by atoms with Crippen molar-refractivity contribution >= 4 is 11.5 Å². The highest BCUT2D eigenvalue weighted by atomic mass is 19.3. The standard InChI is InChI=1S/C11H8F2O4/c12-11(13)8(15)4-7(14)6-1-2-9-10(3-6)17-5-16-9/h1-4,11,14H,5H2/b7-4-. The van der Waals surface area contributed by atoms with Crippen LogP contribution in [0.2, 0.25) is 0 Å². The first-order valence-corrected chi connectivity index (χ1v) is 4.70. The maximum absolute atomic E-state index is 12.0. The van der Waals surface area contributed by atoms with Gasteiger partial charge in [-0.25, -0.2) is 8.78 Å². The van der Waals surface area contributed by atoms with Crippen molar-refractivity contribution in [3.05, 3.63) is 29.8 Å². The number of aliphatic hydroxyl groups excluding tert-OH is 1. The number of hydrogen-bond acceptors (Lipinski definition) is 4. The number of carbonyl (C=O) groups excluding carboxylic acids is 1. The lowest BCUT2D eigenvalue weighted by Gasteiger charge is -2.02. The van der Waals surface area contributed by atoms with E-state index >= 15 is 0 Å². The van der Waals surface area contributed by atoms with E-state index in [9.17, 15) is 18.7 Å². The summed E-state index contributed by atoms with van der Waals surface area (Å²) in [6.45, 7) is 0.0687. The molecule has 17 heavy (non-hydrogen) atoms. The minimum atomic E-state index is -3.13. The Balaban J connectivity index is 2.25. The smallest absolute Gasteiger partial charge is 0.300 e. The van der Waals surface area contributed by atoms with Gasteiger partial charge >= 0.3 is 0 Å². The van der Waals surface area contributed by atoms with Gasteiger partial charge in [0.1, 0.15) is 5.76 Å². The van der Waals surface area contributed by atoms with Crippen LogP contribution in [0, 0.1) is 0 Å². The van der Waals surface area contributed by atoms with Gasteiger partial charge in [0.05, 0.1) is 0 Å². The number of benzene rings is 1. The number of hydrogen-bond donors (Lipinski definition) is 1. The molecule has 1 aromatic rings. The first-order valence-electron chi connectivity index (χ1n) is 4.70. The van der Waals surface area contributed by atoms with E-state index in [1.807, 2.05) is 0 Å². The maximum atomic E-state index is 12.0. The first kappa shape index (κ1) is 11.4. The van der Waals surface area contributed by atoms with Crippen LogP contribution in [0.15, 0.2) is 24.3 Å². The molecule has 1 N–H and O–H groups in total. The number of halogens is 2. The maximum Gasteiger partial charge on any atom is 0.300 e. The zero-order valence-electron chi connectivity index (χ0n) is 8.52. The lowest BCUT2D eigenvalue weighted by molar-refractivity contribution is -0.124. The molecule has 0 bridgehead atoms. The summed E-state index contributed by atoms with van der Waals surface area (Å²) in [5.41, 5.74) is 0.211. The second-order valence-corrected chi connectivity index (χ2v) is 3.30. The van der Waals surface area contributed by atoms with E-state index in [0.717, 1.165) is 0 Å². The average molecular weight is 242 g/mol. The molecule has 2 rings (SSSR count). The number of aliphatic hydroxyl groups is 1.